The van der Waals surface area contributed by atoms with E-state index in [1.807, 2.05) is 29.2 Å². The van der Waals surface area contributed by atoms with Gasteiger partial charge in [0.15, 0.2) is 0 Å². The molecule has 2 aliphatic rings. The number of hydrogen-bond donors (Lipinski definition) is 2. The van der Waals surface area contributed by atoms with E-state index in [0.29, 0.717) is 19.0 Å². The van der Waals surface area contributed by atoms with Gasteiger partial charge in [-0.3, -0.25) is 14.5 Å². The predicted octanol–water partition coefficient (Wildman–Crippen LogP) is 2.07. The Hall–Kier alpha value is -1.92. The average molecular weight is 373 g/mol. The Labute approximate surface area is 162 Å². The number of nitrogens with zero attached hydrogens (tertiary/aromatic N) is 2. The number of carbonyl (C=O) groups excluding carboxylic acids is 2. The van der Waals surface area contributed by atoms with Crippen molar-refractivity contribution in [2.45, 2.75) is 45.7 Å². The third-order valence-electron chi connectivity index (χ3n) is 5.70. The van der Waals surface area contributed by atoms with Crippen molar-refractivity contribution >= 4 is 17.5 Å². The van der Waals surface area contributed by atoms with E-state index in [1.54, 1.807) is 0 Å². The molecule has 2 N–H and O–H groups in total. The molecule has 0 saturated carbocycles. The highest BCUT2D eigenvalue weighted by Crippen LogP contribution is 2.24. The smallest absolute Gasteiger partial charge is 0.229 e. The summed E-state index contributed by atoms with van der Waals surface area (Å²) < 4.78 is 0. The van der Waals surface area contributed by atoms with Crippen molar-refractivity contribution in [1.82, 2.24) is 15.1 Å². The maximum atomic E-state index is 12.7. The Morgan fingerprint density at radius 3 is 2.93 bits per heavy atom. The fraction of sp³-hybridized carbons (Fsp3) is 0.619. The van der Waals surface area contributed by atoms with Gasteiger partial charge >= 0.3 is 0 Å². The molecule has 27 heavy (non-hydrogen) atoms. The Morgan fingerprint density at radius 1 is 1.30 bits per heavy atom. The molecule has 0 aromatic heterocycles. The highest BCUT2D eigenvalue weighted by Gasteiger charge is 2.36. The lowest BCUT2D eigenvalue weighted by Gasteiger charge is -2.27. The van der Waals surface area contributed by atoms with E-state index < -0.39 is 0 Å². The Bertz CT molecular complexity index is 663. The highest BCUT2D eigenvalue weighted by molar-refractivity contribution is 5.97. The van der Waals surface area contributed by atoms with Gasteiger partial charge in [0.05, 0.1) is 5.92 Å². The molecule has 2 aliphatic heterocycles. The number of nitrogens with one attached hydrogen (secondary N) is 2. The monoisotopic (exact) mass is 372 g/mol. The zero-order valence-electron chi connectivity index (χ0n) is 16.5. The van der Waals surface area contributed by atoms with Crippen molar-refractivity contribution in [3.8, 4) is 0 Å². The van der Waals surface area contributed by atoms with E-state index in [1.165, 1.54) is 6.42 Å². The molecule has 1 aromatic carbocycles. The van der Waals surface area contributed by atoms with Crippen molar-refractivity contribution < 1.29 is 9.59 Å². The summed E-state index contributed by atoms with van der Waals surface area (Å²) in [6, 6.07) is 8.34. The van der Waals surface area contributed by atoms with Gasteiger partial charge in [-0.2, -0.15) is 0 Å². The molecule has 0 bridgehead atoms. The lowest BCUT2D eigenvalue weighted by molar-refractivity contribution is -0.128. The van der Waals surface area contributed by atoms with Crippen molar-refractivity contribution in [2.24, 2.45) is 5.92 Å². The van der Waals surface area contributed by atoms with Crippen molar-refractivity contribution in [2.75, 3.05) is 38.0 Å². The fourth-order valence-corrected chi connectivity index (χ4v) is 4.17. The van der Waals surface area contributed by atoms with Crippen LogP contribution < -0.4 is 10.6 Å². The molecule has 0 spiro atoms. The number of likely N-dealkylation sites (tertiary alicyclic amines) is 2. The van der Waals surface area contributed by atoms with Gasteiger partial charge in [-0.15, -0.1) is 0 Å². The second-order valence-electron chi connectivity index (χ2n) is 7.59. The Balaban J connectivity index is 1.54. The van der Waals surface area contributed by atoms with E-state index in [9.17, 15) is 9.59 Å². The molecule has 148 valence electrons. The second kappa shape index (κ2) is 9.33. The zero-order valence-corrected chi connectivity index (χ0v) is 16.5. The molecule has 2 fully saturated rings. The lowest BCUT2D eigenvalue weighted by Crippen LogP contribution is -2.41. The molecule has 2 saturated heterocycles. The predicted molar refractivity (Wildman–Crippen MR) is 107 cm³/mol. The maximum Gasteiger partial charge on any atom is 0.229 e. The van der Waals surface area contributed by atoms with E-state index in [-0.39, 0.29) is 17.7 Å². The minimum absolute atomic E-state index is 0.0507. The third kappa shape index (κ3) is 5.08. The molecule has 1 aromatic rings. The number of benzene rings is 1. The van der Waals surface area contributed by atoms with Crippen LogP contribution in [0.2, 0.25) is 0 Å². The SMILES string of the molecule is CCNCc1cccc(NC(=O)C2CC(=O)N(CC3CCCN3CC)C2)c1. The number of carbonyl (C=O) groups is 2. The van der Waals surface area contributed by atoms with Crippen molar-refractivity contribution in [3.05, 3.63) is 29.8 Å². The first-order valence-electron chi connectivity index (χ1n) is 10.2. The second-order valence-corrected chi connectivity index (χ2v) is 7.59. The van der Waals surface area contributed by atoms with Crippen LogP contribution in [0.25, 0.3) is 0 Å². The first kappa shape index (κ1) is 19.8. The van der Waals surface area contributed by atoms with Gasteiger partial charge in [-0.25, -0.2) is 0 Å². The molecule has 2 atom stereocenters. The van der Waals surface area contributed by atoms with Crippen molar-refractivity contribution in [3.63, 3.8) is 0 Å². The molecule has 3 rings (SSSR count). The number of anilines is 1. The van der Waals surface area contributed by atoms with Crippen LogP contribution in [-0.2, 0) is 16.1 Å². The van der Waals surface area contributed by atoms with Crippen LogP contribution in [0.4, 0.5) is 5.69 Å². The van der Waals surface area contributed by atoms with Gasteiger partial charge < -0.3 is 15.5 Å². The van der Waals surface area contributed by atoms with Crippen LogP contribution in [0.5, 0.6) is 0 Å². The summed E-state index contributed by atoms with van der Waals surface area (Å²) in [7, 11) is 0. The first-order chi connectivity index (χ1) is 13.1. The number of rotatable bonds is 8. The van der Waals surface area contributed by atoms with E-state index in [2.05, 4.69) is 29.4 Å². The summed E-state index contributed by atoms with van der Waals surface area (Å²) in [6.45, 7) is 9.38. The highest BCUT2D eigenvalue weighted by atomic mass is 16.2. The minimum atomic E-state index is -0.258. The Kier molecular flexibility index (Phi) is 6.85. The van der Waals surface area contributed by atoms with E-state index in [0.717, 1.165) is 50.4 Å². The van der Waals surface area contributed by atoms with Crippen molar-refractivity contribution in [1.29, 1.82) is 0 Å². The van der Waals surface area contributed by atoms with Gasteiger partial charge in [0.25, 0.3) is 0 Å². The molecule has 2 unspecified atom stereocenters. The largest absolute Gasteiger partial charge is 0.340 e. The summed E-state index contributed by atoms with van der Waals surface area (Å²) in [5, 5.41) is 6.29. The molecular weight excluding hydrogens is 340 g/mol. The van der Waals surface area contributed by atoms with Gasteiger partial charge in [0.1, 0.15) is 0 Å². The summed E-state index contributed by atoms with van der Waals surface area (Å²) in [6.07, 6.45) is 2.67. The van der Waals surface area contributed by atoms with Crippen LogP contribution in [-0.4, -0.2) is 60.4 Å². The molecule has 6 nitrogen and oxygen atoms in total. The molecule has 6 heteroatoms. The van der Waals surface area contributed by atoms with Crippen LogP contribution >= 0.6 is 0 Å². The molecule has 2 amide bonds. The van der Waals surface area contributed by atoms with Gasteiger partial charge in [0, 0.05) is 37.8 Å². The zero-order chi connectivity index (χ0) is 19.2. The van der Waals surface area contributed by atoms with Crippen LogP contribution in [0.15, 0.2) is 24.3 Å². The Morgan fingerprint density at radius 2 is 2.15 bits per heavy atom. The number of likely N-dealkylation sites (N-methyl/N-ethyl adjacent to an activating group) is 1. The van der Waals surface area contributed by atoms with E-state index in [4.69, 9.17) is 0 Å². The maximum absolute atomic E-state index is 12.7. The quantitative estimate of drug-likeness (QED) is 0.733. The number of amides is 2. The van der Waals surface area contributed by atoms with Gasteiger partial charge in [0.2, 0.25) is 11.8 Å². The summed E-state index contributed by atoms with van der Waals surface area (Å²) >= 11 is 0. The van der Waals surface area contributed by atoms with Gasteiger partial charge in [-0.05, 0) is 50.2 Å². The van der Waals surface area contributed by atoms with Crippen LogP contribution in [0.3, 0.4) is 0 Å². The summed E-state index contributed by atoms with van der Waals surface area (Å²) in [5.41, 5.74) is 1.94. The number of hydrogen-bond acceptors (Lipinski definition) is 4. The third-order valence-corrected chi connectivity index (χ3v) is 5.70. The normalized spacial score (nSPS) is 23.2. The minimum Gasteiger partial charge on any atom is -0.340 e. The standard InChI is InChI=1S/C21H32N4O2/c1-3-22-13-16-7-5-8-18(11-16)23-21(27)17-12-20(26)25(14-17)15-19-9-6-10-24(19)4-2/h5,7-8,11,17,19,22H,3-4,6,9-10,12-15H2,1-2H3,(H,23,27). The molecule has 0 aliphatic carbocycles. The molecular formula is C21H32N4O2. The molecule has 0 radical (unpaired) electrons. The van der Waals surface area contributed by atoms with E-state index >= 15 is 0 Å². The van der Waals surface area contributed by atoms with Crippen LogP contribution in [0, 0.1) is 5.92 Å². The topological polar surface area (TPSA) is 64.7 Å². The first-order valence-corrected chi connectivity index (χ1v) is 10.2. The van der Waals surface area contributed by atoms with Crippen LogP contribution in [0.1, 0.15) is 38.7 Å². The fourth-order valence-electron chi connectivity index (χ4n) is 4.17. The van der Waals surface area contributed by atoms with Gasteiger partial charge in [-0.1, -0.05) is 26.0 Å². The summed E-state index contributed by atoms with van der Waals surface area (Å²) in [4.78, 5) is 29.4. The summed E-state index contributed by atoms with van der Waals surface area (Å²) in [5.74, 6) is -0.198. The average Bonchev–Trinajstić information content (AvgIpc) is 3.27. The lowest BCUT2D eigenvalue weighted by atomic mass is 10.1. The molecule has 2 heterocycles.